The first kappa shape index (κ1) is 20.1. The maximum atomic E-state index is 12.6. The molecule has 2 aromatic heterocycles. The predicted molar refractivity (Wildman–Crippen MR) is 121 cm³/mol. The van der Waals surface area contributed by atoms with Gasteiger partial charge in [-0.2, -0.15) is 5.10 Å². The Morgan fingerprint density at radius 3 is 2.10 bits per heavy atom. The number of carbonyl (C=O) groups is 2. The van der Waals surface area contributed by atoms with Gasteiger partial charge in [-0.05, 0) is 56.3 Å². The van der Waals surface area contributed by atoms with Crippen molar-refractivity contribution >= 4 is 40.0 Å². The Kier molecular flexibility index (Phi) is 5.61. The number of urea groups is 1. The maximum absolute atomic E-state index is 12.6. The molecule has 0 bridgehead atoms. The lowest BCUT2D eigenvalue weighted by Crippen LogP contribution is -2.19. The van der Waals surface area contributed by atoms with Gasteiger partial charge < -0.3 is 16.0 Å². The van der Waals surface area contributed by atoms with Crippen LogP contribution in [0, 0.1) is 0 Å². The van der Waals surface area contributed by atoms with Gasteiger partial charge in [-0.1, -0.05) is 18.2 Å². The lowest BCUT2D eigenvalue weighted by molar-refractivity contribution is 0.102. The summed E-state index contributed by atoms with van der Waals surface area (Å²) >= 11 is 0. The van der Waals surface area contributed by atoms with Crippen LogP contribution in [0.3, 0.4) is 0 Å². The number of benzene rings is 2. The fourth-order valence-electron chi connectivity index (χ4n) is 3.10. The molecule has 0 saturated carbocycles. The van der Waals surface area contributed by atoms with Crippen molar-refractivity contribution in [3.8, 4) is 0 Å². The average molecular weight is 414 g/mol. The zero-order chi connectivity index (χ0) is 21.8. The number of pyridine rings is 1. The van der Waals surface area contributed by atoms with Crippen molar-refractivity contribution in [2.75, 3.05) is 16.0 Å². The predicted octanol–water partition coefficient (Wildman–Crippen LogP) is 4.91. The summed E-state index contributed by atoms with van der Waals surface area (Å²) < 4.78 is 1.82. The number of carbonyl (C=O) groups excluding carboxylic acids is 2. The molecular weight excluding hydrogens is 392 g/mol. The summed E-state index contributed by atoms with van der Waals surface area (Å²) in [6.07, 6.45) is 3.25. The van der Waals surface area contributed by atoms with Crippen LogP contribution in [0.4, 0.5) is 21.9 Å². The zero-order valence-corrected chi connectivity index (χ0v) is 17.2. The van der Waals surface area contributed by atoms with Crippen molar-refractivity contribution in [2.24, 2.45) is 0 Å². The Bertz CT molecular complexity index is 1220. The first-order chi connectivity index (χ1) is 15.0. The number of anilines is 3. The van der Waals surface area contributed by atoms with E-state index in [4.69, 9.17) is 0 Å². The van der Waals surface area contributed by atoms with Crippen LogP contribution in [0.15, 0.2) is 73.1 Å². The number of hydrogen-bond acceptors (Lipinski definition) is 4. The second kappa shape index (κ2) is 8.66. The molecule has 2 aromatic carbocycles. The molecule has 4 aromatic rings. The average Bonchev–Trinajstić information content (AvgIpc) is 3.19. The van der Waals surface area contributed by atoms with Crippen LogP contribution >= 0.6 is 0 Å². The minimum Gasteiger partial charge on any atom is -0.322 e. The van der Waals surface area contributed by atoms with Crippen LogP contribution in [0.2, 0.25) is 0 Å². The van der Waals surface area contributed by atoms with E-state index < -0.39 is 0 Å². The van der Waals surface area contributed by atoms with E-state index in [-0.39, 0.29) is 18.0 Å². The summed E-state index contributed by atoms with van der Waals surface area (Å²) in [7, 11) is 0. The molecule has 0 saturated heterocycles. The van der Waals surface area contributed by atoms with Gasteiger partial charge in [-0.3, -0.25) is 4.79 Å². The van der Waals surface area contributed by atoms with E-state index in [9.17, 15) is 9.59 Å². The van der Waals surface area contributed by atoms with Crippen molar-refractivity contribution in [3.05, 3.63) is 78.6 Å². The third kappa shape index (κ3) is 4.69. The SMILES string of the molecule is CC(C)n1ncc2cc(C(=O)Nc3ccc(NC(=O)Nc4ccccc4)cc3)cnc21. The molecule has 0 atom stereocenters. The molecule has 8 nitrogen and oxygen atoms in total. The molecule has 3 N–H and O–H groups in total. The minimum absolute atomic E-state index is 0.187. The van der Waals surface area contributed by atoms with Crippen LogP contribution in [-0.2, 0) is 0 Å². The molecule has 0 spiro atoms. The largest absolute Gasteiger partial charge is 0.323 e. The molecule has 3 amide bonds. The van der Waals surface area contributed by atoms with Crippen LogP contribution in [0.5, 0.6) is 0 Å². The number of nitrogens with zero attached hydrogens (tertiary/aromatic N) is 3. The van der Waals surface area contributed by atoms with Crippen LogP contribution in [-0.4, -0.2) is 26.7 Å². The van der Waals surface area contributed by atoms with Crippen LogP contribution < -0.4 is 16.0 Å². The number of fused-ring (bicyclic) bond motifs is 1. The number of amides is 3. The summed E-state index contributed by atoms with van der Waals surface area (Å²) in [6.45, 7) is 4.05. The van der Waals surface area contributed by atoms with E-state index in [1.807, 2.05) is 36.7 Å². The monoisotopic (exact) mass is 414 g/mol. The second-order valence-electron chi connectivity index (χ2n) is 7.30. The van der Waals surface area contributed by atoms with Crippen molar-refractivity contribution < 1.29 is 9.59 Å². The summed E-state index contributed by atoms with van der Waals surface area (Å²) in [4.78, 5) is 29.1. The zero-order valence-electron chi connectivity index (χ0n) is 17.2. The van der Waals surface area contributed by atoms with Crippen molar-refractivity contribution in [2.45, 2.75) is 19.9 Å². The van der Waals surface area contributed by atoms with Crippen molar-refractivity contribution in [1.29, 1.82) is 0 Å². The van der Waals surface area contributed by atoms with Gasteiger partial charge in [0.1, 0.15) is 0 Å². The fourth-order valence-corrected chi connectivity index (χ4v) is 3.10. The Morgan fingerprint density at radius 1 is 0.839 bits per heavy atom. The Morgan fingerprint density at radius 2 is 1.45 bits per heavy atom. The lowest BCUT2D eigenvalue weighted by atomic mass is 10.2. The van der Waals surface area contributed by atoms with Crippen LogP contribution in [0.25, 0.3) is 11.0 Å². The molecule has 0 fully saturated rings. The quantitative estimate of drug-likeness (QED) is 0.432. The molecule has 0 aliphatic rings. The lowest BCUT2D eigenvalue weighted by Gasteiger charge is -2.09. The third-order valence-corrected chi connectivity index (χ3v) is 4.62. The molecular formula is C23H22N6O2. The van der Waals surface area contributed by atoms with Crippen LogP contribution in [0.1, 0.15) is 30.2 Å². The maximum Gasteiger partial charge on any atom is 0.323 e. The standard InChI is InChI=1S/C23H22N6O2/c1-15(2)29-21-16(14-25-29)12-17(13-24-21)22(30)26-19-8-10-20(11-9-19)28-23(31)27-18-6-4-3-5-7-18/h3-15H,1-2H3,(H,26,30)(H2,27,28,31). The molecule has 4 rings (SSSR count). The smallest absolute Gasteiger partial charge is 0.322 e. The van der Waals surface area contributed by atoms with Gasteiger partial charge in [0, 0.05) is 34.7 Å². The van der Waals surface area contributed by atoms with Gasteiger partial charge >= 0.3 is 6.03 Å². The van der Waals surface area contributed by atoms with E-state index in [1.54, 1.807) is 54.9 Å². The highest BCUT2D eigenvalue weighted by Gasteiger charge is 2.12. The molecule has 8 heteroatoms. The minimum atomic E-state index is -0.343. The first-order valence-corrected chi connectivity index (χ1v) is 9.87. The molecule has 156 valence electrons. The third-order valence-electron chi connectivity index (χ3n) is 4.62. The van der Waals surface area contributed by atoms with E-state index in [0.29, 0.717) is 22.6 Å². The Hall–Kier alpha value is -4.20. The first-order valence-electron chi connectivity index (χ1n) is 9.87. The Labute approximate surface area is 179 Å². The molecule has 0 unspecified atom stereocenters. The highest BCUT2D eigenvalue weighted by atomic mass is 16.2. The van der Waals surface area contributed by atoms with E-state index in [2.05, 4.69) is 26.0 Å². The van der Waals surface area contributed by atoms with Gasteiger partial charge in [0.05, 0.1) is 11.8 Å². The highest BCUT2D eigenvalue weighted by Crippen LogP contribution is 2.19. The van der Waals surface area contributed by atoms with Gasteiger partial charge in [0.2, 0.25) is 0 Å². The number of hydrogen-bond donors (Lipinski definition) is 3. The number of nitrogens with one attached hydrogen (secondary N) is 3. The molecule has 0 radical (unpaired) electrons. The van der Waals surface area contributed by atoms with Crippen molar-refractivity contribution in [1.82, 2.24) is 14.8 Å². The second-order valence-corrected chi connectivity index (χ2v) is 7.30. The van der Waals surface area contributed by atoms with E-state index in [1.165, 1.54) is 0 Å². The van der Waals surface area contributed by atoms with E-state index >= 15 is 0 Å². The number of rotatable bonds is 5. The summed E-state index contributed by atoms with van der Waals surface area (Å²) in [5, 5.41) is 13.5. The molecule has 0 aliphatic carbocycles. The number of aromatic nitrogens is 3. The molecule has 0 aliphatic heterocycles. The summed E-state index contributed by atoms with van der Waals surface area (Å²) in [5.74, 6) is -0.269. The summed E-state index contributed by atoms with van der Waals surface area (Å²) in [6, 6.07) is 17.7. The van der Waals surface area contributed by atoms with Gasteiger partial charge in [0.25, 0.3) is 5.91 Å². The normalized spacial score (nSPS) is 10.8. The fraction of sp³-hybridized carbons (Fsp3) is 0.130. The van der Waals surface area contributed by atoms with Gasteiger partial charge in [0.15, 0.2) is 5.65 Å². The summed E-state index contributed by atoms with van der Waals surface area (Å²) in [5.41, 5.74) is 3.11. The molecule has 2 heterocycles. The van der Waals surface area contributed by atoms with Crippen molar-refractivity contribution in [3.63, 3.8) is 0 Å². The van der Waals surface area contributed by atoms with E-state index in [0.717, 1.165) is 11.0 Å². The van der Waals surface area contributed by atoms with Gasteiger partial charge in [-0.25, -0.2) is 14.5 Å². The highest BCUT2D eigenvalue weighted by molar-refractivity contribution is 6.06. The topological polar surface area (TPSA) is 101 Å². The molecule has 31 heavy (non-hydrogen) atoms. The Balaban J connectivity index is 1.39. The number of para-hydroxylation sites is 1. The van der Waals surface area contributed by atoms with Gasteiger partial charge in [-0.15, -0.1) is 0 Å².